The van der Waals surface area contributed by atoms with E-state index in [1.54, 1.807) is 6.20 Å². The summed E-state index contributed by atoms with van der Waals surface area (Å²) in [6, 6.07) is 0. The summed E-state index contributed by atoms with van der Waals surface area (Å²) in [5, 5.41) is 0.252. The zero-order chi connectivity index (χ0) is 11.3. The van der Waals surface area contributed by atoms with Crippen molar-refractivity contribution in [1.82, 2.24) is 9.97 Å². The van der Waals surface area contributed by atoms with E-state index in [-0.39, 0.29) is 16.6 Å². The fourth-order valence-corrected chi connectivity index (χ4v) is 2.82. The normalized spacial score (nSPS) is 27.9. The van der Waals surface area contributed by atoms with Gasteiger partial charge in [-0.25, -0.2) is 9.97 Å². The third kappa shape index (κ3) is 1.19. The van der Waals surface area contributed by atoms with Gasteiger partial charge in [-0.3, -0.25) is 4.79 Å². The van der Waals surface area contributed by atoms with Crippen LogP contribution in [0, 0.1) is 0 Å². The van der Waals surface area contributed by atoms with Crippen molar-refractivity contribution in [1.29, 1.82) is 0 Å². The van der Waals surface area contributed by atoms with E-state index in [1.807, 2.05) is 6.92 Å². The van der Waals surface area contributed by atoms with Gasteiger partial charge < -0.3 is 4.90 Å². The van der Waals surface area contributed by atoms with Crippen molar-refractivity contribution >= 4 is 23.2 Å². The van der Waals surface area contributed by atoms with E-state index in [0.717, 1.165) is 30.8 Å². The molecule has 0 spiro atoms. The van der Waals surface area contributed by atoms with Crippen LogP contribution in [0.15, 0.2) is 6.20 Å². The number of anilines is 1. The number of hydrogen-bond donors (Lipinski definition) is 0. The molecule has 0 unspecified atom stereocenters. The van der Waals surface area contributed by atoms with E-state index < -0.39 is 0 Å². The molecule has 5 heteroatoms. The average Bonchev–Trinajstić information content (AvgIpc) is 2.64. The summed E-state index contributed by atoms with van der Waals surface area (Å²) in [4.78, 5) is 22.4. The summed E-state index contributed by atoms with van der Waals surface area (Å²) < 4.78 is 0. The first kappa shape index (κ1) is 10.0. The van der Waals surface area contributed by atoms with Gasteiger partial charge in [0.15, 0.2) is 5.78 Å². The number of halogens is 1. The lowest BCUT2D eigenvalue weighted by Crippen LogP contribution is -2.52. The molecule has 1 aromatic heterocycles. The predicted molar refractivity (Wildman–Crippen MR) is 60.7 cm³/mol. The van der Waals surface area contributed by atoms with Crippen LogP contribution in [-0.2, 0) is 11.2 Å². The molecule has 0 amide bonds. The SMILES string of the molecule is C[C@@]12CCCN1c1nc(Cl)ncc1CC2=O. The zero-order valence-electron chi connectivity index (χ0n) is 9.03. The first-order valence-corrected chi connectivity index (χ1v) is 5.81. The third-order valence-corrected chi connectivity index (χ3v) is 3.84. The van der Waals surface area contributed by atoms with Gasteiger partial charge in [-0.2, -0.15) is 0 Å². The van der Waals surface area contributed by atoms with E-state index in [1.165, 1.54) is 0 Å². The van der Waals surface area contributed by atoms with Gasteiger partial charge in [0.25, 0.3) is 0 Å². The minimum atomic E-state index is -0.370. The highest BCUT2D eigenvalue weighted by molar-refractivity contribution is 6.28. The lowest BCUT2D eigenvalue weighted by Gasteiger charge is -2.39. The lowest BCUT2D eigenvalue weighted by molar-refractivity contribution is -0.123. The lowest BCUT2D eigenvalue weighted by atomic mass is 9.86. The van der Waals surface area contributed by atoms with E-state index >= 15 is 0 Å². The number of hydrogen-bond acceptors (Lipinski definition) is 4. The number of fused-ring (bicyclic) bond motifs is 3. The largest absolute Gasteiger partial charge is 0.344 e. The van der Waals surface area contributed by atoms with Crippen LogP contribution in [0.2, 0.25) is 5.28 Å². The summed E-state index contributed by atoms with van der Waals surface area (Å²) in [5.74, 6) is 1.11. The van der Waals surface area contributed by atoms with E-state index in [2.05, 4.69) is 14.9 Å². The molecule has 1 saturated heterocycles. The molecular formula is C11H12ClN3O. The second-order valence-corrected chi connectivity index (χ2v) is 4.95. The maximum Gasteiger partial charge on any atom is 0.224 e. The Hall–Kier alpha value is -1.16. The van der Waals surface area contributed by atoms with Gasteiger partial charge in [-0.05, 0) is 31.4 Å². The molecular weight excluding hydrogens is 226 g/mol. The predicted octanol–water partition coefficient (Wildman–Crippen LogP) is 1.61. The van der Waals surface area contributed by atoms with Gasteiger partial charge in [0.2, 0.25) is 5.28 Å². The maximum absolute atomic E-state index is 12.1. The van der Waals surface area contributed by atoms with Crippen molar-refractivity contribution in [3.05, 3.63) is 17.0 Å². The van der Waals surface area contributed by atoms with Crippen molar-refractivity contribution in [2.24, 2.45) is 0 Å². The Morgan fingerprint density at radius 3 is 3.19 bits per heavy atom. The summed E-state index contributed by atoms with van der Waals surface area (Å²) in [6.07, 6.45) is 4.04. The van der Waals surface area contributed by atoms with Crippen LogP contribution in [0.1, 0.15) is 25.3 Å². The van der Waals surface area contributed by atoms with Gasteiger partial charge in [0, 0.05) is 24.7 Å². The highest BCUT2D eigenvalue weighted by Gasteiger charge is 2.47. The number of Topliss-reactive ketones (excluding diaryl/α,β-unsaturated/α-hetero) is 1. The topological polar surface area (TPSA) is 46.1 Å². The Balaban J connectivity index is 2.17. The Morgan fingerprint density at radius 1 is 1.56 bits per heavy atom. The fraction of sp³-hybridized carbons (Fsp3) is 0.545. The van der Waals surface area contributed by atoms with Gasteiger partial charge in [0.05, 0.1) is 5.54 Å². The molecule has 0 N–H and O–H groups in total. The molecule has 0 radical (unpaired) electrons. The third-order valence-electron chi connectivity index (χ3n) is 3.66. The number of nitrogens with zero attached hydrogens (tertiary/aromatic N) is 3. The smallest absolute Gasteiger partial charge is 0.224 e. The molecule has 0 saturated carbocycles. The second-order valence-electron chi connectivity index (χ2n) is 4.62. The molecule has 84 valence electrons. The fourth-order valence-electron chi connectivity index (χ4n) is 2.69. The Bertz CT molecular complexity index is 476. The monoisotopic (exact) mass is 237 g/mol. The summed E-state index contributed by atoms with van der Waals surface area (Å²) in [6.45, 7) is 2.88. The van der Waals surface area contributed by atoms with Crippen LogP contribution in [0.4, 0.5) is 5.82 Å². The van der Waals surface area contributed by atoms with Crippen LogP contribution in [0.3, 0.4) is 0 Å². The van der Waals surface area contributed by atoms with Gasteiger partial charge in [-0.1, -0.05) is 0 Å². The molecule has 2 aliphatic rings. The standard InChI is InChI=1S/C11H12ClN3O/c1-11-3-2-4-15(11)9-7(5-8(11)16)6-13-10(12)14-9/h6H,2-5H2,1H3/t11-/m0/s1. The Morgan fingerprint density at radius 2 is 2.38 bits per heavy atom. The Kier molecular flexibility index (Phi) is 1.98. The van der Waals surface area contributed by atoms with Crippen molar-refractivity contribution in [3.8, 4) is 0 Å². The quantitative estimate of drug-likeness (QED) is 0.644. The van der Waals surface area contributed by atoms with Crippen molar-refractivity contribution in [2.75, 3.05) is 11.4 Å². The maximum atomic E-state index is 12.1. The molecule has 3 rings (SSSR count). The number of ketones is 1. The molecule has 0 aliphatic carbocycles. The molecule has 2 aliphatic heterocycles. The van der Waals surface area contributed by atoms with Crippen LogP contribution in [0.5, 0.6) is 0 Å². The summed E-state index contributed by atoms with van der Waals surface area (Å²) in [5.41, 5.74) is 0.527. The first-order chi connectivity index (χ1) is 7.61. The van der Waals surface area contributed by atoms with E-state index in [0.29, 0.717) is 6.42 Å². The van der Waals surface area contributed by atoms with Gasteiger partial charge in [0.1, 0.15) is 5.82 Å². The average molecular weight is 238 g/mol. The van der Waals surface area contributed by atoms with Gasteiger partial charge >= 0.3 is 0 Å². The number of aromatic nitrogens is 2. The number of rotatable bonds is 0. The molecule has 0 aromatic carbocycles. The van der Waals surface area contributed by atoms with Crippen LogP contribution < -0.4 is 4.90 Å². The van der Waals surface area contributed by atoms with E-state index in [4.69, 9.17) is 11.6 Å². The minimum Gasteiger partial charge on any atom is -0.344 e. The van der Waals surface area contributed by atoms with E-state index in [9.17, 15) is 4.79 Å². The Labute approximate surface area is 98.6 Å². The van der Waals surface area contributed by atoms with Gasteiger partial charge in [-0.15, -0.1) is 0 Å². The van der Waals surface area contributed by atoms with Crippen molar-refractivity contribution in [2.45, 2.75) is 31.7 Å². The number of carbonyl (C=O) groups is 1. The first-order valence-electron chi connectivity index (χ1n) is 5.43. The highest BCUT2D eigenvalue weighted by atomic mass is 35.5. The molecule has 4 nitrogen and oxygen atoms in total. The molecule has 16 heavy (non-hydrogen) atoms. The van der Waals surface area contributed by atoms with Crippen molar-refractivity contribution in [3.63, 3.8) is 0 Å². The van der Waals surface area contributed by atoms with Crippen molar-refractivity contribution < 1.29 is 4.79 Å². The second kappa shape index (κ2) is 3.17. The molecule has 3 heterocycles. The molecule has 1 atom stereocenters. The minimum absolute atomic E-state index is 0.252. The number of carbonyl (C=O) groups excluding carboxylic acids is 1. The molecule has 1 fully saturated rings. The molecule has 0 bridgehead atoms. The summed E-state index contributed by atoms with van der Waals surface area (Å²) >= 11 is 5.82. The van der Waals surface area contributed by atoms with Crippen LogP contribution in [-0.4, -0.2) is 27.8 Å². The highest BCUT2D eigenvalue weighted by Crippen LogP contribution is 2.40. The zero-order valence-corrected chi connectivity index (χ0v) is 9.79. The summed E-state index contributed by atoms with van der Waals surface area (Å²) in [7, 11) is 0. The van der Waals surface area contributed by atoms with Crippen LogP contribution >= 0.6 is 11.6 Å². The molecule has 1 aromatic rings. The van der Waals surface area contributed by atoms with Crippen LogP contribution in [0.25, 0.3) is 0 Å².